The van der Waals surface area contributed by atoms with E-state index in [1.807, 2.05) is 18.2 Å². The Morgan fingerprint density at radius 1 is 0.955 bits per heavy atom. The molecule has 2 rings (SSSR count). The minimum atomic E-state index is -0.289. The lowest BCUT2D eigenvalue weighted by Crippen LogP contribution is -2.14. The van der Waals surface area contributed by atoms with Gasteiger partial charge < -0.3 is 10.6 Å². The zero-order chi connectivity index (χ0) is 15.9. The van der Waals surface area contributed by atoms with Crippen LogP contribution in [0.15, 0.2) is 60.4 Å². The molecule has 0 unspecified atom stereocenters. The SMILES string of the molecule is CC(=O)C=C(C)Nc1ccccc1NC(=O)c1ccccn1. The van der Waals surface area contributed by atoms with Crippen molar-refractivity contribution in [2.75, 3.05) is 10.6 Å². The molecule has 2 aromatic rings. The van der Waals surface area contributed by atoms with Gasteiger partial charge in [0.15, 0.2) is 5.78 Å². The minimum Gasteiger partial charge on any atom is -0.357 e. The maximum absolute atomic E-state index is 12.2. The third-order valence-corrected chi connectivity index (χ3v) is 2.82. The lowest BCUT2D eigenvalue weighted by Gasteiger charge is -2.13. The molecule has 0 saturated carbocycles. The number of nitrogens with one attached hydrogen (secondary N) is 2. The first kappa shape index (κ1) is 15.4. The number of para-hydroxylation sites is 2. The second-order valence-electron chi connectivity index (χ2n) is 4.78. The molecular weight excluding hydrogens is 278 g/mol. The van der Waals surface area contributed by atoms with Crippen molar-refractivity contribution in [3.05, 3.63) is 66.1 Å². The molecule has 1 amide bonds. The molecule has 0 radical (unpaired) electrons. The molecular formula is C17H17N3O2. The van der Waals surface area contributed by atoms with Crippen LogP contribution in [0.1, 0.15) is 24.3 Å². The maximum Gasteiger partial charge on any atom is 0.274 e. The van der Waals surface area contributed by atoms with E-state index in [2.05, 4.69) is 15.6 Å². The van der Waals surface area contributed by atoms with Gasteiger partial charge in [-0.2, -0.15) is 0 Å². The fourth-order valence-corrected chi connectivity index (χ4v) is 1.94. The number of rotatable bonds is 5. The van der Waals surface area contributed by atoms with Crippen LogP contribution in [0.3, 0.4) is 0 Å². The van der Waals surface area contributed by atoms with Crippen molar-refractivity contribution in [3.8, 4) is 0 Å². The van der Waals surface area contributed by atoms with Gasteiger partial charge in [-0.3, -0.25) is 14.6 Å². The Kier molecular flexibility index (Phi) is 5.03. The Labute approximate surface area is 129 Å². The van der Waals surface area contributed by atoms with Crippen LogP contribution < -0.4 is 10.6 Å². The molecule has 1 heterocycles. The summed E-state index contributed by atoms with van der Waals surface area (Å²) in [4.78, 5) is 27.3. The normalized spacial score (nSPS) is 10.9. The van der Waals surface area contributed by atoms with Crippen molar-refractivity contribution in [1.29, 1.82) is 0 Å². The first-order valence-electron chi connectivity index (χ1n) is 6.83. The van der Waals surface area contributed by atoms with E-state index in [9.17, 15) is 9.59 Å². The number of nitrogens with zero attached hydrogens (tertiary/aromatic N) is 1. The van der Waals surface area contributed by atoms with Crippen molar-refractivity contribution in [1.82, 2.24) is 4.98 Å². The molecule has 0 atom stereocenters. The number of hydrogen-bond acceptors (Lipinski definition) is 4. The van der Waals surface area contributed by atoms with Crippen molar-refractivity contribution in [3.63, 3.8) is 0 Å². The molecule has 0 spiro atoms. The van der Waals surface area contributed by atoms with Crippen molar-refractivity contribution >= 4 is 23.1 Å². The van der Waals surface area contributed by atoms with Crippen LogP contribution in [0.2, 0.25) is 0 Å². The standard InChI is InChI=1S/C17H17N3O2/c1-12(11-13(2)21)19-14-7-3-4-8-15(14)20-17(22)16-9-5-6-10-18-16/h3-11,19H,1-2H3,(H,20,22). The molecule has 1 aromatic carbocycles. The third-order valence-electron chi connectivity index (χ3n) is 2.82. The number of pyridine rings is 1. The third kappa shape index (κ3) is 4.28. The van der Waals surface area contributed by atoms with Crippen LogP contribution in [-0.2, 0) is 4.79 Å². The predicted molar refractivity (Wildman–Crippen MR) is 86.7 cm³/mol. The topological polar surface area (TPSA) is 71.1 Å². The van der Waals surface area contributed by atoms with Gasteiger partial charge in [-0.1, -0.05) is 18.2 Å². The summed E-state index contributed by atoms with van der Waals surface area (Å²) in [6, 6.07) is 12.4. The Balaban J connectivity index is 2.18. The van der Waals surface area contributed by atoms with E-state index in [1.54, 1.807) is 37.4 Å². The monoisotopic (exact) mass is 295 g/mol. The lowest BCUT2D eigenvalue weighted by atomic mass is 10.2. The molecule has 0 aliphatic heterocycles. The highest BCUT2D eigenvalue weighted by atomic mass is 16.2. The van der Waals surface area contributed by atoms with Gasteiger partial charge in [0.05, 0.1) is 11.4 Å². The number of allylic oxidation sites excluding steroid dienone is 2. The van der Waals surface area contributed by atoms with Crippen LogP contribution in [0.5, 0.6) is 0 Å². The fourth-order valence-electron chi connectivity index (χ4n) is 1.94. The van der Waals surface area contributed by atoms with Gasteiger partial charge in [-0.15, -0.1) is 0 Å². The number of aromatic nitrogens is 1. The molecule has 0 aliphatic carbocycles. The predicted octanol–water partition coefficient (Wildman–Crippen LogP) is 3.24. The zero-order valence-electron chi connectivity index (χ0n) is 12.5. The molecule has 2 N–H and O–H groups in total. The highest BCUT2D eigenvalue weighted by molar-refractivity contribution is 6.04. The van der Waals surface area contributed by atoms with E-state index in [0.717, 1.165) is 0 Å². The quantitative estimate of drug-likeness (QED) is 0.831. The minimum absolute atomic E-state index is 0.0417. The number of carbonyl (C=O) groups excluding carboxylic acids is 2. The summed E-state index contributed by atoms with van der Waals surface area (Å²) in [5, 5.41) is 5.91. The van der Waals surface area contributed by atoms with Gasteiger partial charge in [-0.05, 0) is 44.2 Å². The number of carbonyl (C=O) groups is 2. The van der Waals surface area contributed by atoms with Crippen molar-refractivity contribution in [2.24, 2.45) is 0 Å². The second kappa shape index (κ2) is 7.17. The Bertz CT molecular complexity index is 709. The Hall–Kier alpha value is -2.95. The lowest BCUT2D eigenvalue weighted by molar-refractivity contribution is -0.112. The first-order valence-corrected chi connectivity index (χ1v) is 6.83. The average molecular weight is 295 g/mol. The van der Waals surface area contributed by atoms with E-state index in [4.69, 9.17) is 0 Å². The summed E-state index contributed by atoms with van der Waals surface area (Å²) in [5.74, 6) is -0.331. The number of ketones is 1. The van der Waals surface area contributed by atoms with E-state index in [1.165, 1.54) is 13.0 Å². The van der Waals surface area contributed by atoms with Crippen molar-refractivity contribution in [2.45, 2.75) is 13.8 Å². The Morgan fingerprint density at radius 3 is 2.18 bits per heavy atom. The van der Waals surface area contributed by atoms with Gasteiger partial charge in [0.25, 0.3) is 5.91 Å². The van der Waals surface area contributed by atoms with Crippen LogP contribution in [-0.4, -0.2) is 16.7 Å². The number of benzene rings is 1. The van der Waals surface area contributed by atoms with E-state index in [0.29, 0.717) is 22.8 Å². The summed E-state index contributed by atoms with van der Waals surface area (Å²) in [6.45, 7) is 3.28. The summed E-state index contributed by atoms with van der Waals surface area (Å²) >= 11 is 0. The van der Waals surface area contributed by atoms with Crippen LogP contribution in [0.4, 0.5) is 11.4 Å². The maximum atomic E-state index is 12.2. The van der Waals surface area contributed by atoms with Gasteiger partial charge >= 0.3 is 0 Å². The van der Waals surface area contributed by atoms with Gasteiger partial charge in [0, 0.05) is 11.9 Å². The molecule has 5 heteroatoms. The van der Waals surface area contributed by atoms with Crippen LogP contribution in [0.25, 0.3) is 0 Å². The van der Waals surface area contributed by atoms with Crippen LogP contribution in [0, 0.1) is 0 Å². The molecule has 1 aromatic heterocycles. The smallest absolute Gasteiger partial charge is 0.274 e. The second-order valence-corrected chi connectivity index (χ2v) is 4.78. The van der Waals surface area contributed by atoms with Gasteiger partial charge in [-0.25, -0.2) is 0 Å². The van der Waals surface area contributed by atoms with E-state index < -0.39 is 0 Å². The fraction of sp³-hybridized carbons (Fsp3) is 0.118. The summed E-state index contributed by atoms with van der Waals surface area (Å²) in [5.41, 5.74) is 2.37. The number of anilines is 2. The molecule has 5 nitrogen and oxygen atoms in total. The number of amides is 1. The largest absolute Gasteiger partial charge is 0.357 e. The average Bonchev–Trinajstić information content (AvgIpc) is 2.49. The number of hydrogen-bond donors (Lipinski definition) is 2. The molecule has 0 saturated heterocycles. The van der Waals surface area contributed by atoms with Crippen LogP contribution >= 0.6 is 0 Å². The summed E-state index contributed by atoms with van der Waals surface area (Å²) in [7, 11) is 0. The van der Waals surface area contributed by atoms with Crippen molar-refractivity contribution < 1.29 is 9.59 Å². The first-order chi connectivity index (χ1) is 10.6. The van der Waals surface area contributed by atoms with Gasteiger partial charge in [0.1, 0.15) is 5.69 Å². The highest BCUT2D eigenvalue weighted by Gasteiger charge is 2.09. The Morgan fingerprint density at radius 2 is 1.59 bits per heavy atom. The van der Waals surface area contributed by atoms with E-state index in [-0.39, 0.29) is 11.7 Å². The molecule has 0 aliphatic rings. The zero-order valence-corrected chi connectivity index (χ0v) is 12.5. The molecule has 0 bridgehead atoms. The molecule has 0 fully saturated rings. The molecule has 22 heavy (non-hydrogen) atoms. The summed E-state index contributed by atoms with van der Waals surface area (Å²) in [6.07, 6.45) is 3.07. The summed E-state index contributed by atoms with van der Waals surface area (Å²) < 4.78 is 0. The highest BCUT2D eigenvalue weighted by Crippen LogP contribution is 2.23. The van der Waals surface area contributed by atoms with E-state index >= 15 is 0 Å². The molecule has 112 valence electrons. The van der Waals surface area contributed by atoms with Gasteiger partial charge in [0.2, 0.25) is 0 Å².